The molecule has 18 heavy (non-hydrogen) atoms. The smallest absolute Gasteiger partial charge is 0.214 e. The molecule has 104 valence electrons. The molecule has 1 atom stereocenters. The molecule has 0 aliphatic rings. The minimum absolute atomic E-state index is 0. The largest absolute Gasteiger partial charge is 0.329 e. The van der Waals surface area contributed by atoms with E-state index in [1.165, 1.54) is 4.31 Å². The number of halogens is 1. The predicted octanol–water partition coefficient (Wildman–Crippen LogP) is 1.26. The van der Waals surface area contributed by atoms with Crippen molar-refractivity contribution in [3.63, 3.8) is 0 Å². The second kappa shape index (κ2) is 7.74. The van der Waals surface area contributed by atoms with E-state index >= 15 is 0 Å². The summed E-state index contributed by atoms with van der Waals surface area (Å²) >= 11 is 0. The van der Waals surface area contributed by atoms with Crippen LogP contribution in [0, 0.1) is 0 Å². The Labute approximate surface area is 116 Å². The number of benzene rings is 1. The van der Waals surface area contributed by atoms with E-state index in [1.54, 1.807) is 14.0 Å². The summed E-state index contributed by atoms with van der Waals surface area (Å²) < 4.78 is 25.3. The van der Waals surface area contributed by atoms with E-state index in [9.17, 15) is 8.42 Å². The lowest BCUT2D eigenvalue weighted by molar-refractivity contribution is 0.394. The predicted molar refractivity (Wildman–Crippen MR) is 77.5 cm³/mol. The highest BCUT2D eigenvalue weighted by Gasteiger charge is 2.21. The molecule has 0 radical (unpaired) electrons. The van der Waals surface area contributed by atoms with Gasteiger partial charge in [-0.2, -0.15) is 0 Å². The molecule has 4 nitrogen and oxygen atoms in total. The van der Waals surface area contributed by atoms with Crippen LogP contribution in [0.5, 0.6) is 0 Å². The Bertz CT molecular complexity index is 437. The van der Waals surface area contributed by atoms with Crippen molar-refractivity contribution in [1.29, 1.82) is 0 Å². The third-order valence-electron chi connectivity index (χ3n) is 2.89. The zero-order valence-electron chi connectivity index (χ0n) is 10.7. The summed E-state index contributed by atoms with van der Waals surface area (Å²) in [7, 11) is -1.64. The molecule has 1 aromatic rings. The first-order chi connectivity index (χ1) is 7.97. The van der Waals surface area contributed by atoms with Crippen molar-refractivity contribution in [2.45, 2.75) is 19.4 Å². The Morgan fingerprint density at radius 3 is 2.33 bits per heavy atom. The number of rotatable bonds is 6. The van der Waals surface area contributed by atoms with Crippen molar-refractivity contribution in [2.75, 3.05) is 19.3 Å². The molecule has 0 bridgehead atoms. The van der Waals surface area contributed by atoms with Crippen LogP contribution in [0.4, 0.5) is 0 Å². The van der Waals surface area contributed by atoms with E-state index in [0.29, 0.717) is 13.0 Å². The molecule has 1 unspecified atom stereocenters. The fraction of sp³-hybridized carbons (Fsp3) is 0.500. The molecule has 1 aromatic carbocycles. The van der Waals surface area contributed by atoms with Gasteiger partial charge in [0.15, 0.2) is 0 Å². The highest BCUT2D eigenvalue weighted by atomic mass is 35.5. The van der Waals surface area contributed by atoms with Crippen LogP contribution in [-0.2, 0) is 16.4 Å². The highest BCUT2D eigenvalue weighted by molar-refractivity contribution is 7.89. The van der Waals surface area contributed by atoms with Gasteiger partial charge in [0.25, 0.3) is 0 Å². The Kier molecular flexibility index (Phi) is 7.47. The second-order valence-corrected chi connectivity index (χ2v) is 6.30. The van der Waals surface area contributed by atoms with Crippen molar-refractivity contribution in [2.24, 2.45) is 5.73 Å². The van der Waals surface area contributed by atoms with Crippen molar-refractivity contribution < 1.29 is 8.42 Å². The highest BCUT2D eigenvalue weighted by Crippen LogP contribution is 2.07. The first kappa shape index (κ1) is 17.4. The standard InChI is InChI=1S/C12H20N2O2S.ClH/c1-11(10-13)14(2)17(15,16)9-8-12-6-4-3-5-7-12;/h3-7,11H,8-10,13H2,1-2H3;1H. The molecule has 1 rings (SSSR count). The maximum absolute atomic E-state index is 12.0. The van der Waals surface area contributed by atoms with Crippen LogP contribution in [0.3, 0.4) is 0 Å². The maximum Gasteiger partial charge on any atom is 0.214 e. The first-order valence-corrected chi connectivity index (χ1v) is 7.28. The fourth-order valence-corrected chi connectivity index (χ4v) is 2.87. The molecule has 0 saturated carbocycles. The minimum atomic E-state index is -3.22. The first-order valence-electron chi connectivity index (χ1n) is 5.67. The minimum Gasteiger partial charge on any atom is -0.329 e. The topological polar surface area (TPSA) is 63.4 Å². The summed E-state index contributed by atoms with van der Waals surface area (Å²) in [5.74, 6) is 0.123. The molecule has 0 aromatic heterocycles. The van der Waals surface area contributed by atoms with Gasteiger partial charge in [0, 0.05) is 19.6 Å². The molecule has 0 aliphatic carbocycles. The lowest BCUT2D eigenvalue weighted by atomic mass is 10.2. The summed E-state index contributed by atoms with van der Waals surface area (Å²) in [5.41, 5.74) is 6.50. The summed E-state index contributed by atoms with van der Waals surface area (Å²) in [6, 6.07) is 9.45. The van der Waals surface area contributed by atoms with Crippen LogP contribution in [0.2, 0.25) is 0 Å². The summed E-state index contributed by atoms with van der Waals surface area (Å²) in [5, 5.41) is 0. The molecule has 0 fully saturated rings. The molecule has 0 spiro atoms. The van der Waals surface area contributed by atoms with Gasteiger partial charge in [-0.1, -0.05) is 30.3 Å². The van der Waals surface area contributed by atoms with E-state index < -0.39 is 10.0 Å². The van der Waals surface area contributed by atoms with E-state index in [1.807, 2.05) is 30.3 Å². The Morgan fingerprint density at radius 2 is 1.83 bits per heavy atom. The van der Waals surface area contributed by atoms with Crippen molar-refractivity contribution in [3.05, 3.63) is 35.9 Å². The molecule has 6 heteroatoms. The van der Waals surface area contributed by atoms with Gasteiger partial charge >= 0.3 is 0 Å². The van der Waals surface area contributed by atoms with Crippen molar-refractivity contribution in [1.82, 2.24) is 4.31 Å². The Hall–Kier alpha value is -0.620. The maximum atomic E-state index is 12.0. The van der Waals surface area contributed by atoms with E-state index in [4.69, 9.17) is 5.73 Å². The number of sulfonamides is 1. The summed E-state index contributed by atoms with van der Waals surface area (Å²) in [4.78, 5) is 0. The second-order valence-electron chi connectivity index (χ2n) is 4.15. The molecule has 0 aliphatic heterocycles. The van der Waals surface area contributed by atoms with E-state index in [0.717, 1.165) is 5.56 Å². The third-order valence-corrected chi connectivity index (χ3v) is 4.85. The molecular weight excluding hydrogens is 272 g/mol. The van der Waals surface area contributed by atoms with E-state index in [2.05, 4.69) is 0 Å². The van der Waals surface area contributed by atoms with Gasteiger partial charge in [0.2, 0.25) is 10.0 Å². The zero-order chi connectivity index (χ0) is 12.9. The lowest BCUT2D eigenvalue weighted by Gasteiger charge is -2.22. The fourth-order valence-electron chi connectivity index (χ4n) is 1.46. The van der Waals surface area contributed by atoms with Gasteiger partial charge < -0.3 is 5.73 Å². The molecule has 0 saturated heterocycles. The van der Waals surface area contributed by atoms with Gasteiger partial charge in [-0.05, 0) is 18.9 Å². The van der Waals surface area contributed by atoms with Crippen molar-refractivity contribution >= 4 is 22.4 Å². The van der Waals surface area contributed by atoms with Gasteiger partial charge in [0.1, 0.15) is 0 Å². The average molecular weight is 293 g/mol. The van der Waals surface area contributed by atoms with Gasteiger partial charge in [-0.25, -0.2) is 12.7 Å². The third kappa shape index (κ3) is 4.94. The zero-order valence-corrected chi connectivity index (χ0v) is 12.4. The molecule has 2 N–H and O–H groups in total. The van der Waals surface area contributed by atoms with Gasteiger partial charge in [-0.3, -0.25) is 0 Å². The van der Waals surface area contributed by atoms with Gasteiger partial charge in [0.05, 0.1) is 5.75 Å². The van der Waals surface area contributed by atoms with Gasteiger partial charge in [-0.15, -0.1) is 12.4 Å². The molecule has 0 amide bonds. The number of hydrogen-bond donors (Lipinski definition) is 1. The number of nitrogens with two attached hydrogens (primary N) is 1. The lowest BCUT2D eigenvalue weighted by Crippen LogP contribution is -2.41. The quantitative estimate of drug-likeness (QED) is 0.858. The van der Waals surface area contributed by atoms with Crippen LogP contribution < -0.4 is 5.73 Å². The summed E-state index contributed by atoms with van der Waals surface area (Å²) in [6.07, 6.45) is 0.533. The summed E-state index contributed by atoms with van der Waals surface area (Å²) in [6.45, 7) is 2.14. The van der Waals surface area contributed by atoms with Crippen LogP contribution in [0.15, 0.2) is 30.3 Å². The normalized spacial score (nSPS) is 13.1. The molecule has 0 heterocycles. The SMILES string of the molecule is CC(CN)N(C)S(=O)(=O)CCc1ccccc1.Cl. The number of aryl methyl sites for hydroxylation is 1. The van der Waals surface area contributed by atoms with Crippen LogP contribution in [-0.4, -0.2) is 38.1 Å². The number of likely N-dealkylation sites (N-methyl/N-ethyl adjacent to an activating group) is 1. The Morgan fingerprint density at radius 1 is 1.28 bits per heavy atom. The van der Waals surface area contributed by atoms with Crippen molar-refractivity contribution in [3.8, 4) is 0 Å². The van der Waals surface area contributed by atoms with Crippen LogP contribution in [0.1, 0.15) is 12.5 Å². The molecular formula is C12H21ClN2O2S. The number of nitrogens with zero attached hydrogens (tertiary/aromatic N) is 1. The monoisotopic (exact) mass is 292 g/mol. The van der Waals surface area contributed by atoms with E-state index in [-0.39, 0.29) is 24.2 Å². The Balaban J connectivity index is 0.00000289. The van der Waals surface area contributed by atoms with Crippen LogP contribution in [0.25, 0.3) is 0 Å². The number of hydrogen-bond acceptors (Lipinski definition) is 3. The van der Waals surface area contributed by atoms with Crippen LogP contribution >= 0.6 is 12.4 Å². The average Bonchev–Trinajstić information content (AvgIpc) is 2.36.